The minimum Gasteiger partial charge on any atom is -0.437 e. The summed E-state index contributed by atoms with van der Waals surface area (Å²) in [7, 11) is 1.30. The molecular weight excluding hydrogens is 537 g/mol. The third kappa shape index (κ3) is 10.2. The molecule has 0 unspecified atom stereocenters. The first-order chi connectivity index (χ1) is 19.8. The maximum absolute atomic E-state index is 12.6. The van der Waals surface area contributed by atoms with E-state index >= 15 is 0 Å². The topological polar surface area (TPSA) is 133 Å². The van der Waals surface area contributed by atoms with Crippen LogP contribution in [-0.2, 0) is 41.8 Å². The SMILES string of the molecule is CB(O)N(C)Cc1cccc(CC(=O)Nc2nnc(CCCCc3ccc(NC(=O)Cc4ccccc4)nn3)s2)c1. The van der Waals surface area contributed by atoms with E-state index in [0.717, 1.165) is 53.1 Å². The van der Waals surface area contributed by atoms with Crippen LogP contribution in [0.2, 0.25) is 6.82 Å². The Bertz CT molecular complexity index is 1420. The maximum atomic E-state index is 12.6. The average Bonchev–Trinajstić information content (AvgIpc) is 3.39. The zero-order valence-electron chi connectivity index (χ0n) is 23.3. The lowest BCUT2D eigenvalue weighted by Crippen LogP contribution is -2.32. The van der Waals surface area contributed by atoms with Crippen molar-refractivity contribution in [3.63, 3.8) is 0 Å². The number of nitrogens with one attached hydrogen (secondary N) is 2. The molecule has 0 aliphatic rings. The zero-order chi connectivity index (χ0) is 29.0. The van der Waals surface area contributed by atoms with Gasteiger partial charge >= 0.3 is 7.05 Å². The minimum absolute atomic E-state index is 0.128. The van der Waals surface area contributed by atoms with Crippen LogP contribution in [0.25, 0.3) is 0 Å². The summed E-state index contributed by atoms with van der Waals surface area (Å²) in [5, 5.41) is 33.4. The van der Waals surface area contributed by atoms with Gasteiger partial charge < -0.3 is 20.5 Å². The van der Waals surface area contributed by atoms with Crippen LogP contribution in [0.1, 0.15) is 40.2 Å². The van der Waals surface area contributed by atoms with Gasteiger partial charge in [0, 0.05) is 13.0 Å². The van der Waals surface area contributed by atoms with Crippen LogP contribution in [0.5, 0.6) is 0 Å². The normalized spacial score (nSPS) is 10.9. The Hall–Kier alpha value is -4.00. The van der Waals surface area contributed by atoms with Gasteiger partial charge in [-0.1, -0.05) is 65.9 Å². The summed E-state index contributed by atoms with van der Waals surface area (Å²) in [5.74, 6) is 0.166. The summed E-state index contributed by atoms with van der Waals surface area (Å²) in [6.07, 6.45) is 3.84. The second kappa shape index (κ2) is 15.1. The van der Waals surface area contributed by atoms with Gasteiger partial charge in [-0.2, -0.15) is 5.10 Å². The maximum Gasteiger partial charge on any atom is 0.376 e. The standard InChI is InChI=1S/C29H34BN7O3S/c1-30(40)37(2)20-23-12-8-11-22(17-23)19-27(39)32-29-36-35-28(41-29)14-7-6-13-24-15-16-25(34-33-24)31-26(38)18-21-9-4-3-5-10-21/h3-5,8-12,15-17,40H,6-7,13-14,18-20H2,1-2H3,(H,31,34,38)(H,32,36,39). The summed E-state index contributed by atoms with van der Waals surface area (Å²) >= 11 is 1.38. The number of carbonyl (C=O) groups is 2. The van der Waals surface area contributed by atoms with Crippen LogP contribution in [0.3, 0.4) is 0 Å². The van der Waals surface area contributed by atoms with Crippen molar-refractivity contribution in [2.24, 2.45) is 0 Å². The van der Waals surface area contributed by atoms with E-state index in [-0.39, 0.29) is 18.2 Å². The van der Waals surface area contributed by atoms with Crippen molar-refractivity contribution < 1.29 is 14.6 Å². The van der Waals surface area contributed by atoms with Crippen molar-refractivity contribution in [1.82, 2.24) is 25.2 Å². The number of aryl methyl sites for hydroxylation is 2. The Labute approximate surface area is 244 Å². The smallest absolute Gasteiger partial charge is 0.376 e. The van der Waals surface area contributed by atoms with E-state index < -0.39 is 7.05 Å². The number of benzene rings is 2. The molecule has 10 nitrogen and oxygen atoms in total. The van der Waals surface area contributed by atoms with Gasteiger partial charge in [-0.15, -0.1) is 15.3 Å². The molecule has 212 valence electrons. The van der Waals surface area contributed by atoms with Gasteiger partial charge in [0.2, 0.25) is 16.9 Å². The zero-order valence-corrected chi connectivity index (χ0v) is 24.1. The number of aromatic nitrogens is 4. The molecule has 3 N–H and O–H groups in total. The number of amides is 2. The molecule has 0 atom stereocenters. The van der Waals surface area contributed by atoms with E-state index in [2.05, 4.69) is 31.0 Å². The van der Waals surface area contributed by atoms with Crippen molar-refractivity contribution in [3.05, 3.63) is 94.1 Å². The van der Waals surface area contributed by atoms with Gasteiger partial charge in [0.1, 0.15) is 5.01 Å². The summed E-state index contributed by atoms with van der Waals surface area (Å²) in [4.78, 5) is 26.6. The molecule has 0 saturated heterocycles. The minimum atomic E-state index is -0.542. The molecule has 2 aromatic heterocycles. The van der Waals surface area contributed by atoms with E-state index in [9.17, 15) is 14.6 Å². The highest BCUT2D eigenvalue weighted by molar-refractivity contribution is 7.15. The van der Waals surface area contributed by atoms with Crippen molar-refractivity contribution in [2.75, 3.05) is 17.7 Å². The largest absolute Gasteiger partial charge is 0.437 e. The van der Waals surface area contributed by atoms with E-state index in [1.807, 2.05) is 72.5 Å². The molecule has 0 fully saturated rings. The fourth-order valence-electron chi connectivity index (χ4n) is 4.12. The number of rotatable bonds is 14. The van der Waals surface area contributed by atoms with Gasteiger partial charge in [-0.05, 0) is 62.0 Å². The highest BCUT2D eigenvalue weighted by Gasteiger charge is 2.13. The summed E-state index contributed by atoms with van der Waals surface area (Å²) in [5.41, 5.74) is 3.73. The third-order valence-electron chi connectivity index (χ3n) is 6.41. The first-order valence-corrected chi connectivity index (χ1v) is 14.4. The van der Waals surface area contributed by atoms with Crippen molar-refractivity contribution in [3.8, 4) is 0 Å². The van der Waals surface area contributed by atoms with E-state index in [0.29, 0.717) is 23.9 Å². The molecule has 0 aliphatic heterocycles. The second-order valence-corrected chi connectivity index (χ2v) is 11.0. The van der Waals surface area contributed by atoms with E-state index in [1.54, 1.807) is 12.9 Å². The molecule has 0 bridgehead atoms. The molecule has 2 amide bonds. The number of anilines is 2. The molecular formula is C29H34BN7O3S. The number of unbranched alkanes of at least 4 members (excludes halogenated alkanes) is 1. The highest BCUT2D eigenvalue weighted by Crippen LogP contribution is 2.18. The van der Waals surface area contributed by atoms with Crippen LogP contribution < -0.4 is 10.6 Å². The summed E-state index contributed by atoms with van der Waals surface area (Å²) in [6.45, 7) is 2.32. The molecule has 0 radical (unpaired) electrons. The molecule has 0 spiro atoms. The fourth-order valence-corrected chi connectivity index (χ4v) is 4.92. The van der Waals surface area contributed by atoms with E-state index in [4.69, 9.17) is 0 Å². The molecule has 2 aromatic carbocycles. The molecule has 0 aliphatic carbocycles. The molecule has 2 heterocycles. The van der Waals surface area contributed by atoms with Crippen LogP contribution in [0.15, 0.2) is 66.7 Å². The number of hydrogen-bond donors (Lipinski definition) is 3. The van der Waals surface area contributed by atoms with Gasteiger partial charge in [0.15, 0.2) is 5.82 Å². The lowest BCUT2D eigenvalue weighted by Gasteiger charge is -2.17. The van der Waals surface area contributed by atoms with Crippen LogP contribution >= 0.6 is 11.3 Å². The first-order valence-electron chi connectivity index (χ1n) is 13.6. The third-order valence-corrected chi connectivity index (χ3v) is 7.31. The molecule has 4 rings (SSSR count). The van der Waals surface area contributed by atoms with Crippen molar-refractivity contribution >= 4 is 41.2 Å². The Balaban J connectivity index is 1.15. The predicted octanol–water partition coefficient (Wildman–Crippen LogP) is 3.80. The Kier molecular flexibility index (Phi) is 11.1. The quantitative estimate of drug-likeness (QED) is 0.154. The number of hydrogen-bond acceptors (Lipinski definition) is 9. The molecule has 4 aromatic rings. The second-order valence-electron chi connectivity index (χ2n) is 9.92. The molecule has 12 heteroatoms. The first kappa shape index (κ1) is 30.0. The Morgan fingerprint density at radius 3 is 2.29 bits per heavy atom. The fraction of sp³-hybridized carbons (Fsp3) is 0.310. The van der Waals surface area contributed by atoms with Gasteiger partial charge in [-0.25, -0.2) is 0 Å². The van der Waals surface area contributed by atoms with Gasteiger partial charge in [0.05, 0.1) is 18.5 Å². The monoisotopic (exact) mass is 571 g/mol. The van der Waals surface area contributed by atoms with Crippen LogP contribution in [0.4, 0.5) is 10.9 Å². The van der Waals surface area contributed by atoms with Gasteiger partial charge in [0.25, 0.3) is 0 Å². The van der Waals surface area contributed by atoms with Crippen LogP contribution in [-0.4, -0.2) is 56.1 Å². The molecule has 0 saturated carbocycles. The Morgan fingerprint density at radius 1 is 0.829 bits per heavy atom. The average molecular weight is 572 g/mol. The summed E-state index contributed by atoms with van der Waals surface area (Å²) < 4.78 is 0. The summed E-state index contributed by atoms with van der Waals surface area (Å²) in [6, 6.07) is 21.0. The van der Waals surface area contributed by atoms with Crippen LogP contribution in [0, 0.1) is 0 Å². The predicted molar refractivity (Wildman–Crippen MR) is 161 cm³/mol. The highest BCUT2D eigenvalue weighted by atomic mass is 32.1. The van der Waals surface area contributed by atoms with Gasteiger partial charge in [-0.3, -0.25) is 9.59 Å². The van der Waals surface area contributed by atoms with Crippen molar-refractivity contribution in [1.29, 1.82) is 0 Å². The number of carbonyl (C=O) groups excluding carboxylic acids is 2. The lowest BCUT2D eigenvalue weighted by molar-refractivity contribution is -0.116. The van der Waals surface area contributed by atoms with Crippen molar-refractivity contribution in [2.45, 2.75) is 51.9 Å². The Morgan fingerprint density at radius 2 is 1.54 bits per heavy atom. The van der Waals surface area contributed by atoms with E-state index in [1.165, 1.54) is 11.3 Å². The lowest BCUT2D eigenvalue weighted by atomic mass is 9.85. The number of nitrogens with zero attached hydrogens (tertiary/aromatic N) is 5. The molecule has 41 heavy (non-hydrogen) atoms.